The second-order valence-electron chi connectivity index (χ2n) is 15.6. The smallest absolute Gasteiger partial charge is 0.180 e. The first-order chi connectivity index (χ1) is 25.5. The maximum Gasteiger partial charge on any atom is 0.180 e. The van der Waals surface area contributed by atoms with Crippen molar-refractivity contribution in [3.8, 4) is 56.0 Å². The molecule has 0 saturated heterocycles. The van der Waals surface area contributed by atoms with Gasteiger partial charge in [0.05, 0.1) is 0 Å². The van der Waals surface area contributed by atoms with Crippen LogP contribution in [-0.4, -0.2) is 9.97 Å². The van der Waals surface area contributed by atoms with Crippen LogP contribution >= 0.6 is 0 Å². The summed E-state index contributed by atoms with van der Waals surface area (Å²) in [5.74, 6) is 0.699. The standard InChI is InChI=1S/C49H38N2O/c1-48(2)39-17-9-7-15-34(39)37-29-42-38(28-41(37)48)36-27-33(23-24-40(36)49(42)25-11-4-12-26-49)30-19-21-31(22-20-30)44-46-45(35-16-8-10-18-43(35)52-46)51-47(50-44)32-13-5-3-6-14-32/h3,5-10,13-24,27-29H,4,11-12,25-26H2,1-2H3. The highest BCUT2D eigenvalue weighted by atomic mass is 16.3. The van der Waals surface area contributed by atoms with Crippen LogP contribution in [0.5, 0.6) is 0 Å². The minimum absolute atomic E-state index is 0.0243. The number of benzene rings is 6. The largest absolute Gasteiger partial charge is 0.452 e. The van der Waals surface area contributed by atoms with Gasteiger partial charge in [0.1, 0.15) is 16.8 Å². The van der Waals surface area contributed by atoms with Gasteiger partial charge in [0.2, 0.25) is 0 Å². The number of furan rings is 1. The molecule has 2 heterocycles. The zero-order chi connectivity index (χ0) is 34.6. The molecule has 0 unspecified atom stereocenters. The van der Waals surface area contributed by atoms with E-state index in [1.165, 1.54) is 82.2 Å². The Morgan fingerprint density at radius 3 is 2.02 bits per heavy atom. The van der Waals surface area contributed by atoms with Gasteiger partial charge in [-0.15, -0.1) is 0 Å². The molecule has 0 radical (unpaired) electrons. The van der Waals surface area contributed by atoms with Gasteiger partial charge in [-0.05, 0) is 98.8 Å². The summed E-state index contributed by atoms with van der Waals surface area (Å²) >= 11 is 0. The molecular weight excluding hydrogens is 633 g/mol. The number of hydrogen-bond acceptors (Lipinski definition) is 3. The first-order valence-electron chi connectivity index (χ1n) is 18.8. The third-order valence-electron chi connectivity index (χ3n) is 12.5. The first kappa shape index (κ1) is 29.9. The lowest BCUT2D eigenvalue weighted by molar-refractivity contribution is 0.353. The van der Waals surface area contributed by atoms with Gasteiger partial charge in [-0.2, -0.15) is 0 Å². The van der Waals surface area contributed by atoms with E-state index in [0.29, 0.717) is 5.82 Å². The van der Waals surface area contributed by atoms with Gasteiger partial charge in [0, 0.05) is 27.3 Å². The molecule has 0 bridgehead atoms. The quantitative estimate of drug-likeness (QED) is 0.188. The summed E-state index contributed by atoms with van der Waals surface area (Å²) in [6.45, 7) is 4.79. The van der Waals surface area contributed by atoms with Crippen molar-refractivity contribution in [2.24, 2.45) is 0 Å². The molecule has 2 aromatic heterocycles. The van der Waals surface area contributed by atoms with Crippen molar-refractivity contribution in [3.05, 3.63) is 156 Å². The maximum absolute atomic E-state index is 6.42. The highest BCUT2D eigenvalue weighted by Crippen LogP contribution is 2.60. The molecule has 250 valence electrons. The SMILES string of the molecule is CC1(C)c2ccccc2-c2cc3c(cc21)-c1cc(-c2ccc(-c4nc(-c5ccccc5)nc5c4oc4ccccc45)cc2)ccc1C31CCCCC1. The minimum atomic E-state index is -0.0243. The van der Waals surface area contributed by atoms with Crippen LogP contribution in [0.1, 0.15) is 68.2 Å². The predicted octanol–water partition coefficient (Wildman–Crippen LogP) is 12.9. The molecule has 52 heavy (non-hydrogen) atoms. The Morgan fingerprint density at radius 2 is 1.17 bits per heavy atom. The molecule has 3 nitrogen and oxygen atoms in total. The number of fused-ring (bicyclic) bond motifs is 11. The van der Waals surface area contributed by atoms with Crippen LogP contribution in [0.3, 0.4) is 0 Å². The van der Waals surface area contributed by atoms with Gasteiger partial charge in [-0.1, -0.05) is 136 Å². The highest BCUT2D eigenvalue weighted by molar-refractivity contribution is 6.07. The number of nitrogens with zero attached hydrogens (tertiary/aromatic N) is 2. The summed E-state index contributed by atoms with van der Waals surface area (Å²) in [5, 5.41) is 1.00. The monoisotopic (exact) mass is 670 g/mol. The van der Waals surface area contributed by atoms with E-state index in [-0.39, 0.29) is 10.8 Å². The van der Waals surface area contributed by atoms with Gasteiger partial charge < -0.3 is 4.42 Å². The Labute approximate surface area is 304 Å². The summed E-state index contributed by atoms with van der Waals surface area (Å²) in [7, 11) is 0. The highest BCUT2D eigenvalue weighted by Gasteiger charge is 2.46. The Kier molecular flexibility index (Phi) is 6.24. The van der Waals surface area contributed by atoms with Gasteiger partial charge in [-0.3, -0.25) is 0 Å². The van der Waals surface area contributed by atoms with Gasteiger partial charge in [-0.25, -0.2) is 9.97 Å². The maximum atomic E-state index is 6.42. The van der Waals surface area contributed by atoms with E-state index < -0.39 is 0 Å². The van der Waals surface area contributed by atoms with Gasteiger partial charge in [0.25, 0.3) is 0 Å². The first-order valence-corrected chi connectivity index (χ1v) is 18.8. The third-order valence-corrected chi connectivity index (χ3v) is 12.5. The molecule has 3 heteroatoms. The Morgan fingerprint density at radius 1 is 0.500 bits per heavy atom. The molecule has 0 amide bonds. The van der Waals surface area contributed by atoms with Gasteiger partial charge >= 0.3 is 0 Å². The van der Waals surface area contributed by atoms with Crippen LogP contribution in [0.2, 0.25) is 0 Å². The van der Waals surface area contributed by atoms with Crippen LogP contribution < -0.4 is 0 Å². The second-order valence-corrected chi connectivity index (χ2v) is 15.6. The van der Waals surface area contributed by atoms with E-state index >= 15 is 0 Å². The van der Waals surface area contributed by atoms with Crippen molar-refractivity contribution < 1.29 is 4.42 Å². The zero-order valence-electron chi connectivity index (χ0n) is 29.5. The molecule has 1 fully saturated rings. The van der Waals surface area contributed by atoms with Crippen LogP contribution in [0.25, 0.3) is 78.1 Å². The van der Waals surface area contributed by atoms with Crippen molar-refractivity contribution in [2.45, 2.75) is 56.8 Å². The number of hydrogen-bond donors (Lipinski definition) is 0. The average Bonchev–Trinajstić information content (AvgIpc) is 3.78. The summed E-state index contributed by atoms with van der Waals surface area (Å²) in [6, 6.07) is 48.7. The minimum Gasteiger partial charge on any atom is -0.452 e. The average molecular weight is 671 g/mol. The van der Waals surface area contributed by atoms with Crippen LogP contribution in [0, 0.1) is 0 Å². The molecule has 11 rings (SSSR count). The topological polar surface area (TPSA) is 38.9 Å². The Bertz CT molecular complexity index is 2730. The van der Waals surface area contributed by atoms with E-state index in [0.717, 1.165) is 38.9 Å². The Hall–Kier alpha value is -5.80. The van der Waals surface area contributed by atoms with Crippen molar-refractivity contribution in [1.29, 1.82) is 0 Å². The van der Waals surface area contributed by atoms with E-state index in [9.17, 15) is 0 Å². The molecule has 0 N–H and O–H groups in total. The fourth-order valence-electron chi connectivity index (χ4n) is 9.89. The van der Waals surface area contributed by atoms with Crippen LogP contribution in [-0.2, 0) is 10.8 Å². The summed E-state index contributed by atoms with van der Waals surface area (Å²) in [6.07, 6.45) is 6.36. The molecule has 0 atom stereocenters. The predicted molar refractivity (Wildman–Crippen MR) is 212 cm³/mol. The van der Waals surface area contributed by atoms with E-state index in [1.807, 2.05) is 36.4 Å². The third kappa shape index (κ3) is 4.14. The van der Waals surface area contributed by atoms with Crippen molar-refractivity contribution >= 4 is 22.1 Å². The molecule has 0 aliphatic heterocycles. The van der Waals surface area contributed by atoms with Crippen molar-refractivity contribution in [2.75, 3.05) is 0 Å². The molecule has 8 aromatic rings. The lowest BCUT2D eigenvalue weighted by Crippen LogP contribution is -2.28. The normalized spacial score (nSPS) is 16.2. The summed E-state index contributed by atoms with van der Waals surface area (Å²) in [4.78, 5) is 10.1. The van der Waals surface area contributed by atoms with Crippen LogP contribution in [0.4, 0.5) is 0 Å². The number of aromatic nitrogens is 2. The molecule has 3 aliphatic carbocycles. The number of para-hydroxylation sites is 1. The fourth-order valence-corrected chi connectivity index (χ4v) is 9.89. The number of rotatable bonds is 3. The van der Waals surface area contributed by atoms with E-state index in [2.05, 4.69) is 111 Å². The molecule has 1 saturated carbocycles. The van der Waals surface area contributed by atoms with Crippen molar-refractivity contribution in [3.63, 3.8) is 0 Å². The summed E-state index contributed by atoms with van der Waals surface area (Å²) in [5.41, 5.74) is 19.4. The zero-order valence-corrected chi connectivity index (χ0v) is 29.5. The van der Waals surface area contributed by atoms with E-state index in [1.54, 1.807) is 5.56 Å². The van der Waals surface area contributed by atoms with Gasteiger partial charge in [0.15, 0.2) is 11.4 Å². The fraction of sp³-hybridized carbons (Fsp3) is 0.184. The molecule has 6 aromatic carbocycles. The van der Waals surface area contributed by atoms with E-state index in [4.69, 9.17) is 14.4 Å². The van der Waals surface area contributed by atoms with Crippen molar-refractivity contribution in [1.82, 2.24) is 9.97 Å². The molecule has 1 spiro atoms. The molecular formula is C49H38N2O. The van der Waals surface area contributed by atoms with Crippen LogP contribution in [0.15, 0.2) is 138 Å². The molecule has 3 aliphatic rings. The lowest BCUT2D eigenvalue weighted by atomic mass is 9.67. The Balaban J connectivity index is 1.04. The second kappa shape index (κ2) is 10.9. The summed E-state index contributed by atoms with van der Waals surface area (Å²) < 4.78 is 6.42. The lowest BCUT2D eigenvalue weighted by Gasteiger charge is -2.36.